The van der Waals surface area contributed by atoms with Crippen LogP contribution in [0.1, 0.15) is 57.8 Å². The minimum atomic E-state index is 0.236. The monoisotopic (exact) mass is 294 g/mol. The van der Waals surface area contributed by atoms with Crippen LogP contribution in [0.25, 0.3) is 0 Å². The molecule has 0 unspecified atom stereocenters. The first kappa shape index (κ1) is 15.8. The predicted molar refractivity (Wildman–Crippen MR) is 87.4 cm³/mol. The third kappa shape index (κ3) is 4.20. The van der Waals surface area contributed by atoms with Crippen LogP contribution in [0, 0.1) is 11.3 Å². The maximum atomic E-state index is 9.88. The zero-order valence-corrected chi connectivity index (χ0v) is 13.7. The molecular weight excluding hydrogens is 260 g/mol. The summed E-state index contributed by atoms with van der Waals surface area (Å²) in [5.74, 6) is 0.927. The topological polar surface area (TPSA) is 26.7 Å². The van der Waals surface area contributed by atoms with Gasteiger partial charge in [0.1, 0.15) is 0 Å². The lowest BCUT2D eigenvalue weighted by atomic mass is 9.74. The van der Waals surface area contributed by atoms with Gasteiger partial charge in [-0.2, -0.15) is 0 Å². The number of hydrogen-bond donors (Lipinski definition) is 1. The van der Waals surface area contributed by atoms with Gasteiger partial charge in [0.15, 0.2) is 0 Å². The van der Waals surface area contributed by atoms with Gasteiger partial charge in [-0.05, 0) is 70.6 Å². The number of nitrogens with zero attached hydrogens (tertiary/aromatic N) is 2. The van der Waals surface area contributed by atoms with E-state index in [9.17, 15) is 5.11 Å². The third-order valence-corrected chi connectivity index (χ3v) is 6.23. The second-order valence-corrected chi connectivity index (χ2v) is 7.95. The average Bonchev–Trinajstić information content (AvgIpc) is 3.03. The van der Waals surface area contributed by atoms with E-state index in [1.165, 1.54) is 90.5 Å². The van der Waals surface area contributed by atoms with Gasteiger partial charge in [-0.15, -0.1) is 0 Å². The second-order valence-electron chi connectivity index (χ2n) is 7.95. The maximum absolute atomic E-state index is 9.88. The lowest BCUT2D eigenvalue weighted by Gasteiger charge is -2.42. The normalized spacial score (nSPS) is 29.0. The maximum Gasteiger partial charge on any atom is 0.0499 e. The van der Waals surface area contributed by atoms with Crippen molar-refractivity contribution >= 4 is 0 Å². The molecule has 3 aliphatic rings. The SMILES string of the molecule is OCC1(CN2CCC(CN3CCCC3)CC2)CCCCC1. The van der Waals surface area contributed by atoms with Gasteiger partial charge in [0, 0.05) is 25.1 Å². The van der Waals surface area contributed by atoms with Gasteiger partial charge in [-0.1, -0.05) is 19.3 Å². The average molecular weight is 294 g/mol. The van der Waals surface area contributed by atoms with Gasteiger partial charge in [0.2, 0.25) is 0 Å². The van der Waals surface area contributed by atoms with Crippen molar-refractivity contribution < 1.29 is 5.11 Å². The summed E-state index contributed by atoms with van der Waals surface area (Å²) in [4.78, 5) is 5.33. The molecule has 3 nitrogen and oxygen atoms in total. The van der Waals surface area contributed by atoms with E-state index in [4.69, 9.17) is 0 Å². The van der Waals surface area contributed by atoms with E-state index < -0.39 is 0 Å². The summed E-state index contributed by atoms with van der Waals surface area (Å²) in [5, 5.41) is 9.88. The number of aliphatic hydroxyl groups excluding tert-OH is 1. The summed E-state index contributed by atoms with van der Waals surface area (Å²) in [5.41, 5.74) is 0.236. The van der Waals surface area contributed by atoms with Crippen LogP contribution in [-0.4, -0.2) is 60.8 Å². The van der Waals surface area contributed by atoms with Crippen molar-refractivity contribution in [3.63, 3.8) is 0 Å². The highest BCUT2D eigenvalue weighted by Gasteiger charge is 2.34. The van der Waals surface area contributed by atoms with E-state index in [1.54, 1.807) is 0 Å². The molecule has 0 bridgehead atoms. The Kier molecular flexibility index (Phi) is 5.58. The molecule has 0 atom stereocenters. The fraction of sp³-hybridized carbons (Fsp3) is 1.00. The minimum Gasteiger partial charge on any atom is -0.396 e. The number of aliphatic hydroxyl groups is 1. The molecule has 122 valence electrons. The molecule has 3 heteroatoms. The molecule has 2 heterocycles. The van der Waals surface area contributed by atoms with Crippen molar-refractivity contribution in [3.8, 4) is 0 Å². The Morgan fingerprint density at radius 2 is 1.48 bits per heavy atom. The number of rotatable bonds is 5. The van der Waals surface area contributed by atoms with Gasteiger partial charge in [0.25, 0.3) is 0 Å². The smallest absolute Gasteiger partial charge is 0.0499 e. The Morgan fingerprint density at radius 3 is 2.10 bits per heavy atom. The highest BCUT2D eigenvalue weighted by Crippen LogP contribution is 2.37. The Balaban J connectivity index is 1.42. The van der Waals surface area contributed by atoms with Crippen LogP contribution in [0.15, 0.2) is 0 Å². The zero-order valence-electron chi connectivity index (χ0n) is 13.7. The van der Waals surface area contributed by atoms with Gasteiger partial charge < -0.3 is 14.9 Å². The number of likely N-dealkylation sites (tertiary alicyclic amines) is 2. The highest BCUT2D eigenvalue weighted by atomic mass is 16.3. The molecule has 2 aliphatic heterocycles. The molecule has 0 spiro atoms. The van der Waals surface area contributed by atoms with Crippen LogP contribution < -0.4 is 0 Å². The molecule has 0 amide bonds. The van der Waals surface area contributed by atoms with E-state index in [0.29, 0.717) is 6.61 Å². The van der Waals surface area contributed by atoms with Gasteiger partial charge >= 0.3 is 0 Å². The highest BCUT2D eigenvalue weighted by molar-refractivity contribution is 4.87. The Hall–Kier alpha value is -0.120. The van der Waals surface area contributed by atoms with Gasteiger partial charge in [0.05, 0.1) is 0 Å². The third-order valence-electron chi connectivity index (χ3n) is 6.23. The molecule has 0 aromatic heterocycles. The van der Waals surface area contributed by atoms with Crippen LogP contribution >= 0.6 is 0 Å². The van der Waals surface area contributed by atoms with Crippen LogP contribution in [0.4, 0.5) is 0 Å². The fourth-order valence-electron chi connectivity index (χ4n) is 4.80. The van der Waals surface area contributed by atoms with Crippen molar-refractivity contribution in [2.24, 2.45) is 11.3 Å². The molecule has 1 N–H and O–H groups in total. The molecule has 3 rings (SSSR count). The Morgan fingerprint density at radius 1 is 0.810 bits per heavy atom. The first-order chi connectivity index (χ1) is 10.3. The van der Waals surface area contributed by atoms with Gasteiger partial charge in [-0.25, -0.2) is 0 Å². The molecule has 3 fully saturated rings. The molecule has 1 saturated carbocycles. The zero-order chi connectivity index (χ0) is 14.5. The number of piperidine rings is 1. The molecule has 21 heavy (non-hydrogen) atoms. The lowest BCUT2D eigenvalue weighted by Crippen LogP contribution is -2.45. The summed E-state index contributed by atoms with van der Waals surface area (Å²) in [6.07, 6.45) is 12.1. The minimum absolute atomic E-state index is 0.236. The van der Waals surface area contributed by atoms with Crippen LogP contribution in [-0.2, 0) is 0 Å². The standard InChI is InChI=1S/C18H34N2O/c21-16-18(8-2-1-3-9-18)15-20-12-6-17(7-13-20)14-19-10-4-5-11-19/h17,21H,1-16H2. The Labute approximate surface area is 130 Å². The fourth-order valence-corrected chi connectivity index (χ4v) is 4.80. The summed E-state index contributed by atoms with van der Waals surface area (Å²) in [7, 11) is 0. The van der Waals surface area contributed by atoms with Crippen LogP contribution in [0.3, 0.4) is 0 Å². The quantitative estimate of drug-likeness (QED) is 0.844. The summed E-state index contributed by atoms with van der Waals surface area (Å²) >= 11 is 0. The second kappa shape index (κ2) is 7.43. The van der Waals surface area contributed by atoms with Crippen molar-refractivity contribution in [2.45, 2.75) is 57.8 Å². The van der Waals surface area contributed by atoms with E-state index in [0.717, 1.165) is 12.5 Å². The first-order valence-corrected chi connectivity index (χ1v) is 9.35. The lowest BCUT2D eigenvalue weighted by molar-refractivity contribution is 0.0265. The molecule has 0 aromatic rings. The molecule has 2 saturated heterocycles. The first-order valence-electron chi connectivity index (χ1n) is 9.35. The predicted octanol–water partition coefficient (Wildman–Crippen LogP) is 2.74. The van der Waals surface area contributed by atoms with Gasteiger partial charge in [-0.3, -0.25) is 0 Å². The number of hydrogen-bond acceptors (Lipinski definition) is 3. The summed E-state index contributed by atoms with van der Waals surface area (Å²) < 4.78 is 0. The summed E-state index contributed by atoms with van der Waals surface area (Å²) in [6, 6.07) is 0. The van der Waals surface area contributed by atoms with Crippen LogP contribution in [0.2, 0.25) is 0 Å². The van der Waals surface area contributed by atoms with Crippen molar-refractivity contribution in [1.29, 1.82) is 0 Å². The largest absolute Gasteiger partial charge is 0.396 e. The molecule has 0 radical (unpaired) electrons. The van der Waals surface area contributed by atoms with Crippen molar-refractivity contribution in [1.82, 2.24) is 9.80 Å². The van der Waals surface area contributed by atoms with Crippen LogP contribution in [0.5, 0.6) is 0 Å². The van der Waals surface area contributed by atoms with Crippen molar-refractivity contribution in [2.75, 3.05) is 45.9 Å². The van der Waals surface area contributed by atoms with E-state index >= 15 is 0 Å². The van der Waals surface area contributed by atoms with Crippen molar-refractivity contribution in [3.05, 3.63) is 0 Å². The molecule has 1 aliphatic carbocycles. The summed E-state index contributed by atoms with van der Waals surface area (Å²) in [6.45, 7) is 8.11. The van der Waals surface area contributed by atoms with E-state index in [-0.39, 0.29) is 5.41 Å². The Bertz CT molecular complexity index is 300. The molecular formula is C18H34N2O. The van der Waals surface area contributed by atoms with E-state index in [1.807, 2.05) is 0 Å². The van der Waals surface area contributed by atoms with E-state index in [2.05, 4.69) is 9.80 Å². The molecule has 0 aromatic carbocycles.